The summed E-state index contributed by atoms with van der Waals surface area (Å²) in [5, 5.41) is 2.62. The van der Waals surface area contributed by atoms with E-state index in [1.165, 1.54) is 6.07 Å². The van der Waals surface area contributed by atoms with Gasteiger partial charge in [-0.25, -0.2) is 18.7 Å². The van der Waals surface area contributed by atoms with Crippen LogP contribution in [0.4, 0.5) is 14.6 Å². The molecule has 8 heteroatoms. The Morgan fingerprint density at radius 3 is 2.68 bits per heavy atom. The number of hydrogen-bond acceptors (Lipinski definition) is 5. The predicted octanol–water partition coefficient (Wildman–Crippen LogP) is 1.83. The van der Waals surface area contributed by atoms with E-state index in [9.17, 15) is 13.6 Å². The van der Waals surface area contributed by atoms with E-state index in [4.69, 9.17) is 4.74 Å². The summed E-state index contributed by atoms with van der Waals surface area (Å²) < 4.78 is 31.5. The Kier molecular flexibility index (Phi) is 5.18. The zero-order chi connectivity index (χ0) is 17.8. The lowest BCUT2D eigenvalue weighted by molar-refractivity contribution is 0.0949. The number of aromatic nitrogens is 2. The molecule has 1 N–H and O–H groups in total. The fraction of sp³-hybridized carbons (Fsp3) is 0.353. The molecular formula is C17H18F2N4O2. The third-order valence-corrected chi connectivity index (χ3v) is 3.81. The molecule has 1 amide bonds. The van der Waals surface area contributed by atoms with Gasteiger partial charge in [0.15, 0.2) is 11.6 Å². The van der Waals surface area contributed by atoms with Gasteiger partial charge in [-0.05, 0) is 25.1 Å². The average Bonchev–Trinajstić information content (AvgIpc) is 2.62. The molecule has 2 heterocycles. The maximum atomic E-state index is 13.2. The zero-order valence-corrected chi connectivity index (χ0v) is 13.8. The van der Waals surface area contributed by atoms with Crippen LogP contribution in [0.25, 0.3) is 0 Å². The molecule has 0 saturated carbocycles. The van der Waals surface area contributed by atoms with Crippen LogP contribution in [0.2, 0.25) is 0 Å². The standard InChI is InChI=1S/C17H18F2N4O2/c1-11-8-16(23-4-6-25-7-5-23)22-15(21-11)10-20-17(24)12-2-3-13(18)14(19)9-12/h2-3,8-9H,4-7,10H2,1H3,(H,20,24). The van der Waals surface area contributed by atoms with E-state index in [-0.39, 0.29) is 12.1 Å². The first-order valence-corrected chi connectivity index (χ1v) is 7.93. The van der Waals surface area contributed by atoms with Crippen molar-refractivity contribution in [1.82, 2.24) is 15.3 Å². The summed E-state index contributed by atoms with van der Waals surface area (Å²) in [6, 6.07) is 4.89. The molecule has 0 atom stereocenters. The molecule has 1 aromatic heterocycles. The van der Waals surface area contributed by atoms with Crippen molar-refractivity contribution in [2.75, 3.05) is 31.2 Å². The van der Waals surface area contributed by atoms with Crippen molar-refractivity contribution in [3.05, 3.63) is 53.0 Å². The minimum atomic E-state index is -1.06. The van der Waals surface area contributed by atoms with Crippen LogP contribution in [-0.2, 0) is 11.3 Å². The fourth-order valence-corrected chi connectivity index (χ4v) is 2.54. The molecule has 132 valence electrons. The third-order valence-electron chi connectivity index (χ3n) is 3.81. The number of nitrogens with zero attached hydrogens (tertiary/aromatic N) is 3. The normalized spacial score (nSPS) is 14.4. The lowest BCUT2D eigenvalue weighted by Crippen LogP contribution is -2.37. The topological polar surface area (TPSA) is 67.3 Å². The molecular weight excluding hydrogens is 330 g/mol. The van der Waals surface area contributed by atoms with E-state index < -0.39 is 17.5 Å². The van der Waals surface area contributed by atoms with Gasteiger partial charge in [0, 0.05) is 30.4 Å². The van der Waals surface area contributed by atoms with Gasteiger partial charge in [0.1, 0.15) is 11.6 Å². The van der Waals surface area contributed by atoms with E-state index in [0.717, 1.165) is 36.7 Å². The van der Waals surface area contributed by atoms with Crippen LogP contribution in [0, 0.1) is 18.6 Å². The molecule has 1 saturated heterocycles. The second-order valence-corrected chi connectivity index (χ2v) is 5.69. The van der Waals surface area contributed by atoms with Crippen LogP contribution in [0.15, 0.2) is 24.3 Å². The molecule has 6 nitrogen and oxygen atoms in total. The van der Waals surface area contributed by atoms with Gasteiger partial charge in [-0.2, -0.15) is 0 Å². The molecule has 0 unspecified atom stereocenters. The molecule has 0 bridgehead atoms. The molecule has 1 aliphatic heterocycles. The van der Waals surface area contributed by atoms with Crippen molar-refractivity contribution in [1.29, 1.82) is 0 Å². The van der Waals surface area contributed by atoms with Crippen molar-refractivity contribution in [3.63, 3.8) is 0 Å². The van der Waals surface area contributed by atoms with Crippen molar-refractivity contribution < 1.29 is 18.3 Å². The zero-order valence-electron chi connectivity index (χ0n) is 13.8. The maximum Gasteiger partial charge on any atom is 0.251 e. The average molecular weight is 348 g/mol. The smallest absolute Gasteiger partial charge is 0.251 e. The van der Waals surface area contributed by atoms with Crippen molar-refractivity contribution in [2.45, 2.75) is 13.5 Å². The number of amides is 1. The number of carbonyl (C=O) groups is 1. The Hall–Kier alpha value is -2.61. The van der Waals surface area contributed by atoms with Crippen molar-refractivity contribution >= 4 is 11.7 Å². The summed E-state index contributed by atoms with van der Waals surface area (Å²) in [6.07, 6.45) is 0. The first-order valence-electron chi connectivity index (χ1n) is 7.93. The number of aryl methyl sites for hydroxylation is 1. The molecule has 25 heavy (non-hydrogen) atoms. The number of rotatable bonds is 4. The Morgan fingerprint density at radius 1 is 1.20 bits per heavy atom. The van der Waals surface area contributed by atoms with E-state index in [1.54, 1.807) is 0 Å². The summed E-state index contributed by atoms with van der Waals surface area (Å²) in [5.41, 5.74) is 0.827. The predicted molar refractivity (Wildman–Crippen MR) is 87.3 cm³/mol. The maximum absolute atomic E-state index is 13.2. The minimum absolute atomic E-state index is 0.0416. The van der Waals surface area contributed by atoms with Gasteiger partial charge in [0.05, 0.1) is 19.8 Å². The number of ether oxygens (including phenoxy) is 1. The lowest BCUT2D eigenvalue weighted by Gasteiger charge is -2.28. The van der Waals surface area contributed by atoms with Crippen LogP contribution in [0.1, 0.15) is 21.9 Å². The molecule has 0 aliphatic carbocycles. The van der Waals surface area contributed by atoms with Gasteiger partial charge in [-0.1, -0.05) is 0 Å². The van der Waals surface area contributed by atoms with Crippen molar-refractivity contribution in [3.8, 4) is 0 Å². The first-order chi connectivity index (χ1) is 12.0. The van der Waals surface area contributed by atoms with E-state index in [0.29, 0.717) is 19.0 Å². The second-order valence-electron chi connectivity index (χ2n) is 5.69. The molecule has 0 radical (unpaired) electrons. The number of nitrogens with one attached hydrogen (secondary N) is 1. The summed E-state index contributed by atoms with van der Waals surface area (Å²) >= 11 is 0. The highest BCUT2D eigenvalue weighted by Gasteiger charge is 2.15. The highest BCUT2D eigenvalue weighted by molar-refractivity contribution is 5.94. The number of benzene rings is 1. The molecule has 1 fully saturated rings. The van der Waals surface area contributed by atoms with E-state index in [2.05, 4.69) is 20.2 Å². The summed E-state index contributed by atoms with van der Waals surface area (Å²) in [7, 11) is 0. The van der Waals surface area contributed by atoms with Gasteiger partial charge >= 0.3 is 0 Å². The Labute approximate surface area is 143 Å². The van der Waals surface area contributed by atoms with Gasteiger partial charge in [-0.3, -0.25) is 4.79 Å². The molecule has 2 aromatic rings. The number of hydrogen-bond donors (Lipinski definition) is 1. The van der Waals surface area contributed by atoms with Gasteiger partial charge in [0.25, 0.3) is 5.91 Å². The minimum Gasteiger partial charge on any atom is -0.378 e. The Balaban J connectivity index is 1.68. The van der Waals surface area contributed by atoms with E-state index >= 15 is 0 Å². The first kappa shape index (κ1) is 17.2. The Morgan fingerprint density at radius 2 is 1.96 bits per heavy atom. The van der Waals surface area contributed by atoms with Gasteiger partial charge < -0.3 is 15.0 Å². The second kappa shape index (κ2) is 7.52. The van der Waals surface area contributed by atoms with Crippen LogP contribution < -0.4 is 10.2 Å². The summed E-state index contributed by atoms with van der Waals surface area (Å²) in [6.45, 7) is 4.73. The fourth-order valence-electron chi connectivity index (χ4n) is 2.54. The SMILES string of the molecule is Cc1cc(N2CCOCC2)nc(CNC(=O)c2ccc(F)c(F)c2)n1. The highest BCUT2D eigenvalue weighted by Crippen LogP contribution is 2.14. The van der Waals surface area contributed by atoms with Crippen LogP contribution in [-0.4, -0.2) is 42.2 Å². The third kappa shape index (κ3) is 4.27. The number of morpholine rings is 1. The summed E-state index contributed by atoms with van der Waals surface area (Å²) in [5.74, 6) is -1.33. The lowest BCUT2D eigenvalue weighted by atomic mass is 10.2. The van der Waals surface area contributed by atoms with E-state index in [1.807, 2.05) is 13.0 Å². The molecule has 0 spiro atoms. The van der Waals surface area contributed by atoms with Crippen LogP contribution in [0.5, 0.6) is 0 Å². The number of anilines is 1. The molecule has 1 aliphatic rings. The van der Waals surface area contributed by atoms with Crippen LogP contribution in [0.3, 0.4) is 0 Å². The summed E-state index contributed by atoms with van der Waals surface area (Å²) in [4.78, 5) is 22.9. The number of carbonyl (C=O) groups excluding carboxylic acids is 1. The largest absolute Gasteiger partial charge is 0.378 e. The number of halogens is 2. The monoisotopic (exact) mass is 348 g/mol. The molecule has 1 aromatic carbocycles. The quantitative estimate of drug-likeness (QED) is 0.913. The van der Waals surface area contributed by atoms with Gasteiger partial charge in [-0.15, -0.1) is 0 Å². The van der Waals surface area contributed by atoms with Gasteiger partial charge in [0.2, 0.25) is 0 Å². The van der Waals surface area contributed by atoms with Crippen molar-refractivity contribution in [2.24, 2.45) is 0 Å². The van der Waals surface area contributed by atoms with Crippen LogP contribution >= 0.6 is 0 Å². The molecule has 3 rings (SSSR count). The Bertz CT molecular complexity index is 779. The highest BCUT2D eigenvalue weighted by atomic mass is 19.2.